The zero-order valence-electron chi connectivity index (χ0n) is 12.9. The monoisotopic (exact) mass is 400 g/mol. The lowest BCUT2D eigenvalue weighted by atomic mass is 10.1. The van der Waals surface area contributed by atoms with Gasteiger partial charge < -0.3 is 9.88 Å². The number of imidazole rings is 1. The highest BCUT2D eigenvalue weighted by molar-refractivity contribution is 6.14. The third-order valence-corrected chi connectivity index (χ3v) is 4.17. The second kappa shape index (κ2) is 6.31. The Kier molecular flexibility index (Phi) is 4.55. The molecule has 0 unspecified atom stereocenters. The number of aromatic amines is 1. The molecule has 1 aromatic carbocycles. The van der Waals surface area contributed by atoms with E-state index in [0.717, 1.165) is 0 Å². The van der Waals surface area contributed by atoms with Crippen molar-refractivity contribution in [1.82, 2.24) is 19.3 Å². The molecule has 1 amide bonds. The van der Waals surface area contributed by atoms with Crippen molar-refractivity contribution >= 4 is 28.7 Å². The molecular weight excluding hydrogens is 390 g/mol. The van der Waals surface area contributed by atoms with Crippen molar-refractivity contribution in [1.29, 1.82) is 0 Å². The maximum atomic E-state index is 13.2. The number of alkyl halides is 6. The number of halogens is 7. The highest BCUT2D eigenvalue weighted by atomic mass is 35.5. The number of hydrogen-bond donors (Lipinski definition) is 1. The predicted octanol–water partition coefficient (Wildman–Crippen LogP) is 3.40. The molecule has 1 N–H and O–H groups in total. The molecule has 1 fully saturated rings. The average molecular weight is 401 g/mol. The summed E-state index contributed by atoms with van der Waals surface area (Å²) in [6.07, 6.45) is -9.95. The van der Waals surface area contributed by atoms with E-state index < -0.39 is 34.5 Å². The Morgan fingerprint density at radius 2 is 1.81 bits per heavy atom. The summed E-state index contributed by atoms with van der Waals surface area (Å²) in [7, 11) is 0. The van der Waals surface area contributed by atoms with E-state index in [1.165, 1.54) is 9.32 Å². The molecule has 1 aliphatic heterocycles. The predicted molar refractivity (Wildman–Crippen MR) is 78.9 cm³/mol. The average Bonchev–Trinajstić information content (AvgIpc) is 2.89. The van der Waals surface area contributed by atoms with E-state index in [9.17, 15) is 31.1 Å². The topological polar surface area (TPSA) is 52.2 Å². The minimum atomic E-state index is -5.01. The van der Waals surface area contributed by atoms with Gasteiger partial charge in [0.25, 0.3) is 0 Å². The summed E-state index contributed by atoms with van der Waals surface area (Å²) in [6.45, 7) is 0.337. The summed E-state index contributed by atoms with van der Waals surface area (Å²) in [5.41, 5.74) is -3.93. The molecule has 1 aromatic heterocycles. The van der Waals surface area contributed by atoms with Crippen LogP contribution < -0.4 is 0 Å². The number of H-pyrrole nitrogens is 1. The van der Waals surface area contributed by atoms with Crippen LogP contribution in [-0.4, -0.2) is 44.8 Å². The summed E-state index contributed by atoms with van der Waals surface area (Å²) in [4.78, 5) is 19.4. The first-order chi connectivity index (χ1) is 11.9. The van der Waals surface area contributed by atoms with Crippen LogP contribution in [0.1, 0.15) is 17.0 Å². The van der Waals surface area contributed by atoms with Crippen LogP contribution in [0.5, 0.6) is 0 Å². The second-order valence-electron chi connectivity index (χ2n) is 5.76. The van der Waals surface area contributed by atoms with Gasteiger partial charge in [0, 0.05) is 13.1 Å². The third-order valence-electron chi connectivity index (χ3n) is 3.88. The molecule has 26 heavy (non-hydrogen) atoms. The number of nitrogens with one attached hydrogen (secondary N) is 1. The van der Waals surface area contributed by atoms with Crippen LogP contribution in [0.4, 0.5) is 26.3 Å². The fourth-order valence-electron chi connectivity index (χ4n) is 2.65. The molecule has 0 spiro atoms. The number of rotatable bonds is 2. The van der Waals surface area contributed by atoms with Crippen molar-refractivity contribution in [3.8, 4) is 0 Å². The second-order valence-corrected chi connectivity index (χ2v) is 6.24. The van der Waals surface area contributed by atoms with Gasteiger partial charge in [0.1, 0.15) is 11.3 Å². The zero-order chi connectivity index (χ0) is 19.3. The van der Waals surface area contributed by atoms with Gasteiger partial charge in [0.05, 0.1) is 29.7 Å². The molecular formula is C14H11ClF6N4O. The zero-order valence-corrected chi connectivity index (χ0v) is 13.6. The van der Waals surface area contributed by atoms with Gasteiger partial charge in [-0.25, -0.2) is 9.40 Å². The van der Waals surface area contributed by atoms with Crippen LogP contribution in [0.3, 0.4) is 0 Å². The molecule has 1 aliphatic rings. The van der Waals surface area contributed by atoms with Gasteiger partial charge in [-0.05, 0) is 23.9 Å². The van der Waals surface area contributed by atoms with E-state index in [-0.39, 0.29) is 37.4 Å². The van der Waals surface area contributed by atoms with E-state index in [0.29, 0.717) is 12.6 Å². The first kappa shape index (κ1) is 18.8. The van der Waals surface area contributed by atoms with Crippen LogP contribution in [0, 0.1) is 0 Å². The normalized spacial score (nSPS) is 17.3. The minimum absolute atomic E-state index is 0.0321. The SMILES string of the molecule is O=C1CN(Cl)CCN1Cc1nc2c(C(F)(F)F)cc(C(F)(F)F)cc2[nH]1. The standard InChI is InChI=1S/C14H11ClF6N4O/c15-25-2-1-24(11(26)6-25)5-10-22-9-4-7(13(16,17)18)3-8(12(9)23-10)14(19,20)21/h3-4H,1-2,5-6H2,(H,22,23). The van der Waals surface area contributed by atoms with E-state index in [1.54, 1.807) is 0 Å². The van der Waals surface area contributed by atoms with Crippen molar-refractivity contribution < 1.29 is 31.1 Å². The number of aromatic nitrogens is 2. The summed E-state index contributed by atoms with van der Waals surface area (Å²) >= 11 is 5.71. The Bertz CT molecular complexity index is 846. The minimum Gasteiger partial charge on any atom is -0.340 e. The van der Waals surface area contributed by atoms with Gasteiger partial charge in [-0.2, -0.15) is 26.3 Å². The molecule has 0 saturated carbocycles. The van der Waals surface area contributed by atoms with E-state index in [4.69, 9.17) is 11.8 Å². The van der Waals surface area contributed by atoms with Gasteiger partial charge in [-0.1, -0.05) is 0 Å². The first-order valence-corrected chi connectivity index (χ1v) is 7.64. The molecule has 0 aliphatic carbocycles. The van der Waals surface area contributed by atoms with Crippen molar-refractivity contribution in [2.75, 3.05) is 19.6 Å². The van der Waals surface area contributed by atoms with E-state index in [2.05, 4.69) is 9.97 Å². The van der Waals surface area contributed by atoms with Gasteiger partial charge in [0.15, 0.2) is 0 Å². The molecule has 0 atom stereocenters. The molecule has 12 heteroatoms. The molecule has 5 nitrogen and oxygen atoms in total. The number of nitrogens with zero attached hydrogens (tertiary/aromatic N) is 3. The summed E-state index contributed by atoms with van der Waals surface area (Å²) in [5.74, 6) is -0.403. The summed E-state index contributed by atoms with van der Waals surface area (Å²) < 4.78 is 79.4. The van der Waals surface area contributed by atoms with Gasteiger partial charge in [-0.15, -0.1) is 0 Å². The number of hydrogen-bond acceptors (Lipinski definition) is 3. The fourth-order valence-corrected chi connectivity index (χ4v) is 2.83. The smallest absolute Gasteiger partial charge is 0.340 e. The highest BCUT2D eigenvalue weighted by Crippen LogP contribution is 2.39. The van der Waals surface area contributed by atoms with Crippen LogP contribution in [-0.2, 0) is 23.7 Å². The van der Waals surface area contributed by atoms with Crippen molar-refractivity contribution in [3.63, 3.8) is 0 Å². The largest absolute Gasteiger partial charge is 0.418 e. The van der Waals surface area contributed by atoms with E-state index >= 15 is 0 Å². The lowest BCUT2D eigenvalue weighted by Crippen LogP contribution is -2.46. The number of amides is 1. The van der Waals surface area contributed by atoms with Crippen LogP contribution in [0.2, 0.25) is 0 Å². The highest BCUT2D eigenvalue weighted by Gasteiger charge is 2.39. The molecule has 1 saturated heterocycles. The van der Waals surface area contributed by atoms with Crippen molar-refractivity contribution in [2.45, 2.75) is 18.9 Å². The van der Waals surface area contributed by atoms with Crippen molar-refractivity contribution in [2.24, 2.45) is 0 Å². The lowest BCUT2D eigenvalue weighted by Gasteiger charge is -2.29. The Hall–Kier alpha value is -2.01. The third kappa shape index (κ3) is 3.73. The van der Waals surface area contributed by atoms with Gasteiger partial charge >= 0.3 is 12.4 Å². The molecule has 2 aromatic rings. The number of fused-ring (bicyclic) bond motifs is 1. The number of benzene rings is 1. The molecule has 3 rings (SSSR count). The van der Waals surface area contributed by atoms with Crippen LogP contribution >= 0.6 is 11.8 Å². The summed E-state index contributed by atoms with van der Waals surface area (Å²) in [6, 6.07) is 0.601. The summed E-state index contributed by atoms with van der Waals surface area (Å²) in [5, 5.41) is 0. The Balaban J connectivity index is 2.01. The molecule has 0 bridgehead atoms. The Morgan fingerprint density at radius 1 is 1.12 bits per heavy atom. The number of carbonyl (C=O) groups excluding carboxylic acids is 1. The van der Waals surface area contributed by atoms with Crippen LogP contribution in [0.15, 0.2) is 12.1 Å². The maximum absolute atomic E-state index is 13.2. The van der Waals surface area contributed by atoms with Gasteiger partial charge in [0.2, 0.25) is 5.91 Å². The van der Waals surface area contributed by atoms with Crippen molar-refractivity contribution in [3.05, 3.63) is 29.1 Å². The quantitative estimate of drug-likeness (QED) is 0.621. The number of carbonyl (C=O) groups is 1. The van der Waals surface area contributed by atoms with E-state index in [1.807, 2.05) is 0 Å². The molecule has 0 radical (unpaired) electrons. The molecule has 2 heterocycles. The Labute approximate surface area is 147 Å². The van der Waals surface area contributed by atoms with Gasteiger partial charge in [-0.3, -0.25) is 4.79 Å². The molecule has 142 valence electrons. The maximum Gasteiger partial charge on any atom is 0.418 e. The lowest BCUT2D eigenvalue weighted by molar-refractivity contribution is -0.142. The first-order valence-electron chi connectivity index (χ1n) is 7.30. The number of piperazine rings is 1. The van der Waals surface area contributed by atoms with Crippen LogP contribution in [0.25, 0.3) is 11.0 Å². The fraction of sp³-hybridized carbons (Fsp3) is 0.429. The Morgan fingerprint density at radius 3 is 2.38 bits per heavy atom.